The molecule has 0 aliphatic carbocycles. The summed E-state index contributed by atoms with van der Waals surface area (Å²) in [5.74, 6) is 0.220. The number of ether oxygens (including phenoxy) is 1. The minimum atomic E-state index is -0.225. The van der Waals surface area contributed by atoms with Gasteiger partial charge in [-0.3, -0.25) is 4.79 Å². The van der Waals surface area contributed by atoms with Gasteiger partial charge in [0.2, 0.25) is 5.95 Å². The van der Waals surface area contributed by atoms with Gasteiger partial charge < -0.3 is 15.4 Å². The monoisotopic (exact) mass is 330 g/mol. The highest BCUT2D eigenvalue weighted by Gasteiger charge is 2.13. The molecule has 6 nitrogen and oxygen atoms in total. The number of hydrogen-bond acceptors (Lipinski definition) is 5. The second kappa shape index (κ2) is 8.06. The lowest BCUT2D eigenvalue weighted by atomic mass is 10.3. The first-order valence-electron chi connectivity index (χ1n) is 6.10. The van der Waals surface area contributed by atoms with Crippen molar-refractivity contribution in [2.24, 2.45) is 0 Å². The van der Waals surface area contributed by atoms with Gasteiger partial charge in [0.15, 0.2) is 0 Å². The maximum absolute atomic E-state index is 12.0. The van der Waals surface area contributed by atoms with Crippen LogP contribution >= 0.6 is 15.9 Å². The van der Waals surface area contributed by atoms with E-state index in [-0.39, 0.29) is 11.9 Å². The van der Waals surface area contributed by atoms with E-state index in [0.29, 0.717) is 29.3 Å². The predicted octanol–water partition coefficient (Wildman–Crippen LogP) is 1.83. The van der Waals surface area contributed by atoms with Gasteiger partial charge in [0.05, 0.1) is 4.47 Å². The van der Waals surface area contributed by atoms with Gasteiger partial charge in [0.25, 0.3) is 5.91 Å². The lowest BCUT2D eigenvalue weighted by molar-refractivity contribution is 0.0942. The van der Waals surface area contributed by atoms with E-state index in [1.807, 2.05) is 13.8 Å². The van der Waals surface area contributed by atoms with Gasteiger partial charge in [-0.15, -0.1) is 0 Å². The fourth-order valence-electron chi connectivity index (χ4n) is 1.36. The molecular weight excluding hydrogens is 312 g/mol. The molecule has 0 fully saturated rings. The topological polar surface area (TPSA) is 76.1 Å². The Morgan fingerprint density at radius 3 is 2.89 bits per heavy atom. The Labute approximate surface area is 121 Å². The summed E-state index contributed by atoms with van der Waals surface area (Å²) >= 11 is 3.28. The third kappa shape index (κ3) is 5.52. The minimum absolute atomic E-state index is 0.207. The van der Waals surface area contributed by atoms with E-state index in [2.05, 4.69) is 36.5 Å². The van der Waals surface area contributed by atoms with Gasteiger partial charge in [0, 0.05) is 32.5 Å². The van der Waals surface area contributed by atoms with E-state index in [1.165, 1.54) is 0 Å². The van der Waals surface area contributed by atoms with Gasteiger partial charge in [-0.05, 0) is 36.2 Å². The Bertz CT molecular complexity index is 426. The molecule has 0 saturated heterocycles. The highest BCUT2D eigenvalue weighted by Crippen LogP contribution is 2.15. The van der Waals surface area contributed by atoms with Gasteiger partial charge >= 0.3 is 0 Å². The van der Waals surface area contributed by atoms with E-state index in [9.17, 15) is 4.79 Å². The lowest BCUT2D eigenvalue weighted by Crippen LogP contribution is -2.27. The number of carbonyl (C=O) groups excluding carboxylic acids is 1. The molecule has 7 heteroatoms. The number of amides is 1. The van der Waals surface area contributed by atoms with Crippen molar-refractivity contribution >= 4 is 27.8 Å². The number of carbonyl (C=O) groups is 1. The van der Waals surface area contributed by atoms with Crippen molar-refractivity contribution in [3.63, 3.8) is 0 Å². The molecule has 0 atom stereocenters. The van der Waals surface area contributed by atoms with E-state index in [1.54, 1.807) is 13.3 Å². The maximum atomic E-state index is 12.0. The summed E-state index contributed by atoms with van der Waals surface area (Å²) in [4.78, 5) is 20.3. The minimum Gasteiger partial charge on any atom is -0.385 e. The Morgan fingerprint density at radius 2 is 2.26 bits per heavy atom. The third-order valence-electron chi connectivity index (χ3n) is 2.19. The average Bonchev–Trinajstić information content (AvgIpc) is 2.36. The fraction of sp³-hybridized carbons (Fsp3) is 0.583. The number of anilines is 1. The molecule has 1 aromatic heterocycles. The maximum Gasteiger partial charge on any atom is 0.271 e. The van der Waals surface area contributed by atoms with Crippen LogP contribution in [-0.2, 0) is 4.74 Å². The van der Waals surface area contributed by atoms with Crippen LogP contribution in [0.25, 0.3) is 0 Å². The molecule has 1 aromatic rings. The van der Waals surface area contributed by atoms with E-state index >= 15 is 0 Å². The molecule has 0 bridgehead atoms. The van der Waals surface area contributed by atoms with Crippen molar-refractivity contribution in [1.82, 2.24) is 15.3 Å². The van der Waals surface area contributed by atoms with Crippen molar-refractivity contribution in [2.75, 3.05) is 25.6 Å². The largest absolute Gasteiger partial charge is 0.385 e. The Hall–Kier alpha value is -1.21. The number of aromatic nitrogens is 2. The van der Waals surface area contributed by atoms with Gasteiger partial charge in [-0.1, -0.05) is 0 Å². The SMILES string of the molecule is COCCCNC(=O)c1nc(NC(C)C)ncc1Br. The summed E-state index contributed by atoms with van der Waals surface area (Å²) in [6, 6.07) is 0.207. The van der Waals surface area contributed by atoms with E-state index in [4.69, 9.17) is 4.74 Å². The standard InChI is InChI=1S/C12H19BrN4O2/c1-8(2)16-12-15-7-9(13)10(17-12)11(18)14-5-4-6-19-3/h7-8H,4-6H2,1-3H3,(H,14,18)(H,15,16,17). The van der Waals surface area contributed by atoms with Crippen molar-refractivity contribution in [3.05, 3.63) is 16.4 Å². The number of hydrogen-bond donors (Lipinski definition) is 2. The molecule has 0 spiro atoms. The third-order valence-corrected chi connectivity index (χ3v) is 2.77. The van der Waals surface area contributed by atoms with Gasteiger partial charge in [0.1, 0.15) is 5.69 Å². The van der Waals surface area contributed by atoms with Crippen LogP contribution in [0.4, 0.5) is 5.95 Å². The molecule has 0 aromatic carbocycles. The number of nitrogens with zero attached hydrogens (tertiary/aromatic N) is 2. The van der Waals surface area contributed by atoms with Crippen LogP contribution in [0.5, 0.6) is 0 Å². The van der Waals surface area contributed by atoms with Crippen molar-refractivity contribution in [2.45, 2.75) is 26.3 Å². The Balaban J connectivity index is 2.67. The van der Waals surface area contributed by atoms with Crippen LogP contribution in [0.3, 0.4) is 0 Å². The highest BCUT2D eigenvalue weighted by atomic mass is 79.9. The fourth-order valence-corrected chi connectivity index (χ4v) is 1.73. The number of halogens is 1. The van der Waals surface area contributed by atoms with Crippen molar-refractivity contribution in [1.29, 1.82) is 0 Å². The van der Waals surface area contributed by atoms with Gasteiger partial charge in [-0.25, -0.2) is 9.97 Å². The molecule has 1 amide bonds. The summed E-state index contributed by atoms with van der Waals surface area (Å²) in [5, 5.41) is 5.85. The molecule has 1 rings (SSSR count). The van der Waals surface area contributed by atoms with E-state index in [0.717, 1.165) is 6.42 Å². The Morgan fingerprint density at radius 1 is 1.53 bits per heavy atom. The number of nitrogens with one attached hydrogen (secondary N) is 2. The molecule has 19 heavy (non-hydrogen) atoms. The molecule has 0 saturated carbocycles. The van der Waals surface area contributed by atoms with Crippen LogP contribution < -0.4 is 10.6 Å². The van der Waals surface area contributed by atoms with Crippen LogP contribution in [0.15, 0.2) is 10.7 Å². The number of rotatable bonds is 7. The zero-order chi connectivity index (χ0) is 14.3. The van der Waals surface area contributed by atoms with Crippen LogP contribution in [0, 0.1) is 0 Å². The molecule has 0 radical (unpaired) electrons. The predicted molar refractivity (Wildman–Crippen MR) is 77.3 cm³/mol. The quantitative estimate of drug-likeness (QED) is 0.746. The van der Waals surface area contributed by atoms with Gasteiger partial charge in [-0.2, -0.15) is 0 Å². The summed E-state index contributed by atoms with van der Waals surface area (Å²) in [7, 11) is 1.63. The molecule has 0 aliphatic heterocycles. The van der Waals surface area contributed by atoms with Crippen LogP contribution in [0.1, 0.15) is 30.8 Å². The molecule has 0 unspecified atom stereocenters. The molecule has 106 valence electrons. The number of methoxy groups -OCH3 is 1. The smallest absolute Gasteiger partial charge is 0.271 e. The van der Waals surface area contributed by atoms with E-state index < -0.39 is 0 Å². The van der Waals surface area contributed by atoms with Crippen LogP contribution in [0.2, 0.25) is 0 Å². The molecular formula is C12H19BrN4O2. The summed E-state index contributed by atoms with van der Waals surface area (Å²) in [6.45, 7) is 5.13. The highest BCUT2D eigenvalue weighted by molar-refractivity contribution is 9.10. The second-order valence-corrected chi connectivity index (χ2v) is 5.15. The summed E-state index contributed by atoms with van der Waals surface area (Å²) in [5.41, 5.74) is 0.329. The molecule has 2 N–H and O–H groups in total. The molecule has 0 aliphatic rings. The van der Waals surface area contributed by atoms with Crippen molar-refractivity contribution < 1.29 is 9.53 Å². The molecule has 1 heterocycles. The Kier molecular flexibility index (Phi) is 6.72. The zero-order valence-corrected chi connectivity index (χ0v) is 13.0. The van der Waals surface area contributed by atoms with Crippen LogP contribution in [-0.4, -0.2) is 42.2 Å². The zero-order valence-electron chi connectivity index (χ0n) is 11.4. The first-order valence-corrected chi connectivity index (χ1v) is 6.90. The normalized spacial score (nSPS) is 10.6. The first kappa shape index (κ1) is 15.8. The second-order valence-electron chi connectivity index (χ2n) is 4.29. The summed E-state index contributed by atoms with van der Waals surface area (Å²) < 4.78 is 5.49. The first-order chi connectivity index (χ1) is 9.04. The summed E-state index contributed by atoms with van der Waals surface area (Å²) in [6.07, 6.45) is 2.34. The average molecular weight is 331 g/mol. The lowest BCUT2D eigenvalue weighted by Gasteiger charge is -2.10. The van der Waals surface area contributed by atoms with Crippen molar-refractivity contribution in [3.8, 4) is 0 Å².